The molecule has 0 spiro atoms. The largest absolute Gasteiger partial charge is 0.490 e. The third kappa shape index (κ3) is 2.10. The Labute approximate surface area is 112 Å². The molecule has 2 unspecified atom stereocenters. The van der Waals surface area contributed by atoms with Crippen molar-refractivity contribution in [3.05, 3.63) is 29.0 Å². The van der Waals surface area contributed by atoms with E-state index in [-0.39, 0.29) is 22.6 Å². The van der Waals surface area contributed by atoms with Crippen LogP contribution in [-0.2, 0) is 0 Å². The second kappa shape index (κ2) is 5.06. The van der Waals surface area contributed by atoms with E-state index >= 15 is 0 Å². The summed E-state index contributed by atoms with van der Waals surface area (Å²) >= 11 is 5.72. The zero-order chi connectivity index (χ0) is 13.3. The molecule has 1 aliphatic carbocycles. The molecule has 0 bridgehead atoms. The zero-order valence-corrected chi connectivity index (χ0v) is 11.4. The number of halogens is 2. The topological polar surface area (TPSA) is 29.5 Å². The third-order valence-electron chi connectivity index (χ3n) is 4.23. The van der Waals surface area contributed by atoms with Crippen LogP contribution in [0.5, 0.6) is 5.75 Å². The van der Waals surface area contributed by atoms with Gasteiger partial charge in [0.15, 0.2) is 0 Å². The number of ether oxygens (including phenoxy) is 1. The summed E-state index contributed by atoms with van der Waals surface area (Å²) < 4.78 is 18.9. The van der Waals surface area contributed by atoms with Crippen molar-refractivity contribution in [3.63, 3.8) is 0 Å². The standard InChI is InChI=1S/C14H18ClFO2/c1-3-14(4-2)12(17)8-13(14)18-9-5-6-11(16)10(15)7-9/h5-7,12-13,17H,3-4,8H2,1-2H3. The highest BCUT2D eigenvalue weighted by molar-refractivity contribution is 6.30. The Hall–Kier alpha value is -0.800. The molecule has 0 aliphatic heterocycles. The van der Waals surface area contributed by atoms with Gasteiger partial charge in [-0.25, -0.2) is 4.39 Å². The van der Waals surface area contributed by atoms with Crippen LogP contribution in [0.2, 0.25) is 5.02 Å². The summed E-state index contributed by atoms with van der Waals surface area (Å²) in [6, 6.07) is 4.35. The van der Waals surface area contributed by atoms with Gasteiger partial charge in [-0.1, -0.05) is 25.4 Å². The average molecular weight is 273 g/mol. The van der Waals surface area contributed by atoms with Gasteiger partial charge in [0, 0.05) is 17.9 Å². The third-order valence-corrected chi connectivity index (χ3v) is 4.52. The first-order chi connectivity index (χ1) is 8.53. The molecule has 1 aliphatic rings. The number of benzene rings is 1. The van der Waals surface area contributed by atoms with Gasteiger partial charge in [0.25, 0.3) is 0 Å². The van der Waals surface area contributed by atoms with E-state index in [1.54, 1.807) is 6.07 Å². The Morgan fingerprint density at radius 1 is 1.44 bits per heavy atom. The Bertz CT molecular complexity index is 432. The van der Waals surface area contributed by atoms with Crippen LogP contribution in [0.15, 0.2) is 18.2 Å². The van der Waals surface area contributed by atoms with Gasteiger partial charge in [-0.15, -0.1) is 0 Å². The first kappa shape index (κ1) is 13.6. The molecule has 0 radical (unpaired) electrons. The number of hydrogen-bond acceptors (Lipinski definition) is 2. The first-order valence-electron chi connectivity index (χ1n) is 6.33. The Kier molecular flexibility index (Phi) is 3.83. The van der Waals surface area contributed by atoms with Gasteiger partial charge < -0.3 is 9.84 Å². The summed E-state index contributed by atoms with van der Waals surface area (Å²) in [7, 11) is 0. The monoisotopic (exact) mass is 272 g/mol. The molecule has 1 saturated carbocycles. The Morgan fingerprint density at radius 2 is 2.11 bits per heavy atom. The molecule has 1 N–H and O–H groups in total. The summed E-state index contributed by atoms with van der Waals surface area (Å²) in [6.07, 6.45) is 2.02. The van der Waals surface area contributed by atoms with Crippen molar-refractivity contribution in [2.45, 2.75) is 45.3 Å². The van der Waals surface area contributed by atoms with E-state index < -0.39 is 5.82 Å². The van der Waals surface area contributed by atoms with Crippen molar-refractivity contribution in [2.24, 2.45) is 5.41 Å². The fourth-order valence-corrected chi connectivity index (χ4v) is 2.95. The average Bonchev–Trinajstić information content (AvgIpc) is 2.35. The summed E-state index contributed by atoms with van der Waals surface area (Å²) in [5, 5.41) is 10.0. The molecule has 0 amide bonds. The molecule has 2 atom stereocenters. The molecular weight excluding hydrogens is 255 g/mol. The molecular formula is C14H18ClFO2. The van der Waals surface area contributed by atoms with Gasteiger partial charge in [-0.2, -0.15) is 0 Å². The van der Waals surface area contributed by atoms with E-state index in [2.05, 4.69) is 13.8 Å². The van der Waals surface area contributed by atoms with Crippen molar-refractivity contribution >= 4 is 11.6 Å². The highest BCUT2D eigenvalue weighted by atomic mass is 35.5. The van der Waals surface area contributed by atoms with E-state index in [1.807, 2.05) is 0 Å². The van der Waals surface area contributed by atoms with Crippen LogP contribution in [0.25, 0.3) is 0 Å². The minimum atomic E-state index is -0.449. The predicted molar refractivity (Wildman–Crippen MR) is 69.5 cm³/mol. The van der Waals surface area contributed by atoms with Crippen LogP contribution in [0.1, 0.15) is 33.1 Å². The number of aliphatic hydroxyl groups is 1. The van der Waals surface area contributed by atoms with E-state index in [1.165, 1.54) is 12.1 Å². The van der Waals surface area contributed by atoms with Crippen molar-refractivity contribution in [2.75, 3.05) is 0 Å². The fourth-order valence-electron chi connectivity index (χ4n) is 2.78. The minimum absolute atomic E-state index is 0.0240. The van der Waals surface area contributed by atoms with Crippen molar-refractivity contribution in [3.8, 4) is 5.75 Å². The predicted octanol–water partition coefficient (Wildman–Crippen LogP) is 3.80. The van der Waals surface area contributed by atoms with Crippen LogP contribution in [-0.4, -0.2) is 17.3 Å². The maximum Gasteiger partial charge on any atom is 0.142 e. The quantitative estimate of drug-likeness (QED) is 0.903. The molecule has 100 valence electrons. The molecule has 2 nitrogen and oxygen atoms in total. The lowest BCUT2D eigenvalue weighted by Crippen LogP contribution is -2.59. The van der Waals surface area contributed by atoms with Gasteiger partial charge in [0.1, 0.15) is 17.7 Å². The van der Waals surface area contributed by atoms with E-state index in [9.17, 15) is 9.50 Å². The van der Waals surface area contributed by atoms with Gasteiger partial charge in [0.2, 0.25) is 0 Å². The zero-order valence-electron chi connectivity index (χ0n) is 10.6. The lowest BCUT2D eigenvalue weighted by atomic mass is 9.60. The minimum Gasteiger partial charge on any atom is -0.490 e. The first-order valence-corrected chi connectivity index (χ1v) is 6.71. The molecule has 18 heavy (non-hydrogen) atoms. The van der Waals surface area contributed by atoms with Gasteiger partial charge in [-0.05, 0) is 25.0 Å². The van der Waals surface area contributed by atoms with E-state index in [0.29, 0.717) is 12.2 Å². The van der Waals surface area contributed by atoms with Gasteiger partial charge in [-0.3, -0.25) is 0 Å². The second-order valence-electron chi connectivity index (χ2n) is 4.87. The van der Waals surface area contributed by atoms with Crippen LogP contribution in [0, 0.1) is 11.2 Å². The molecule has 0 aromatic heterocycles. The van der Waals surface area contributed by atoms with Crippen molar-refractivity contribution in [1.29, 1.82) is 0 Å². The summed E-state index contributed by atoms with van der Waals surface area (Å²) in [4.78, 5) is 0. The Balaban J connectivity index is 2.12. The maximum absolute atomic E-state index is 13.1. The molecule has 1 fully saturated rings. The van der Waals surface area contributed by atoms with Crippen LogP contribution >= 0.6 is 11.6 Å². The van der Waals surface area contributed by atoms with Crippen LogP contribution in [0.3, 0.4) is 0 Å². The van der Waals surface area contributed by atoms with Crippen molar-refractivity contribution in [1.82, 2.24) is 0 Å². The molecule has 2 rings (SSSR count). The van der Waals surface area contributed by atoms with Crippen LogP contribution < -0.4 is 4.74 Å². The fraction of sp³-hybridized carbons (Fsp3) is 0.571. The van der Waals surface area contributed by atoms with Gasteiger partial charge in [0.05, 0.1) is 11.1 Å². The summed E-state index contributed by atoms with van der Waals surface area (Å²) in [6.45, 7) is 4.11. The molecule has 1 aromatic carbocycles. The molecule has 4 heteroatoms. The van der Waals surface area contributed by atoms with E-state index in [4.69, 9.17) is 16.3 Å². The highest BCUT2D eigenvalue weighted by Gasteiger charge is 2.53. The van der Waals surface area contributed by atoms with E-state index in [0.717, 1.165) is 12.8 Å². The lowest BCUT2D eigenvalue weighted by molar-refractivity contribution is -0.159. The van der Waals surface area contributed by atoms with Crippen molar-refractivity contribution < 1.29 is 14.2 Å². The highest BCUT2D eigenvalue weighted by Crippen LogP contribution is 2.49. The Morgan fingerprint density at radius 3 is 2.61 bits per heavy atom. The molecule has 0 saturated heterocycles. The number of hydrogen-bond donors (Lipinski definition) is 1. The summed E-state index contributed by atoms with van der Waals surface area (Å²) in [5.41, 5.74) is -0.180. The lowest BCUT2D eigenvalue weighted by Gasteiger charge is -2.52. The SMILES string of the molecule is CCC1(CC)C(O)CC1Oc1ccc(F)c(Cl)c1. The number of rotatable bonds is 4. The summed E-state index contributed by atoms with van der Waals surface area (Å²) in [5.74, 6) is 0.111. The van der Waals surface area contributed by atoms with Gasteiger partial charge >= 0.3 is 0 Å². The molecule has 1 aromatic rings. The second-order valence-corrected chi connectivity index (χ2v) is 5.28. The smallest absolute Gasteiger partial charge is 0.142 e. The van der Waals surface area contributed by atoms with Crippen LogP contribution in [0.4, 0.5) is 4.39 Å². The maximum atomic E-state index is 13.1. The molecule has 0 heterocycles. The number of aliphatic hydroxyl groups excluding tert-OH is 1. The normalized spacial score (nSPS) is 25.6.